The van der Waals surface area contributed by atoms with Crippen molar-refractivity contribution < 1.29 is 46.8 Å². The summed E-state index contributed by atoms with van der Waals surface area (Å²) in [7, 11) is 1.46. The molecule has 2 unspecified atom stereocenters. The third kappa shape index (κ3) is 10.5. The fourth-order valence-corrected chi connectivity index (χ4v) is 3.85. The Balaban J connectivity index is 2.23. The number of ether oxygens (including phenoxy) is 5. The highest BCUT2D eigenvalue weighted by atomic mass is 19.4. The van der Waals surface area contributed by atoms with Gasteiger partial charge in [0.1, 0.15) is 18.1 Å². The molecule has 2 atom stereocenters. The zero-order valence-corrected chi connectivity index (χ0v) is 21.4. The molecule has 36 heavy (non-hydrogen) atoms. The van der Waals surface area contributed by atoms with Crippen molar-refractivity contribution in [1.82, 2.24) is 5.32 Å². The summed E-state index contributed by atoms with van der Waals surface area (Å²) in [6.07, 6.45) is -2.32. The zero-order valence-electron chi connectivity index (χ0n) is 21.4. The van der Waals surface area contributed by atoms with Crippen molar-refractivity contribution in [2.45, 2.75) is 82.9 Å². The van der Waals surface area contributed by atoms with Crippen LogP contribution in [0.25, 0.3) is 0 Å². The van der Waals surface area contributed by atoms with Gasteiger partial charge in [0.15, 0.2) is 6.29 Å². The number of carbonyl (C=O) groups excluding carboxylic acids is 1. The van der Waals surface area contributed by atoms with Gasteiger partial charge in [0.2, 0.25) is 0 Å². The predicted octanol–water partition coefficient (Wildman–Crippen LogP) is 5.16. The molecule has 0 bridgehead atoms. The summed E-state index contributed by atoms with van der Waals surface area (Å²) in [5.74, 6) is -0.839. The minimum Gasteiger partial charge on any atom is -0.507 e. The van der Waals surface area contributed by atoms with Gasteiger partial charge in [0.05, 0.1) is 24.3 Å². The van der Waals surface area contributed by atoms with E-state index >= 15 is 0 Å². The first-order chi connectivity index (χ1) is 16.8. The Morgan fingerprint density at radius 2 is 1.94 bits per heavy atom. The van der Waals surface area contributed by atoms with Crippen LogP contribution in [0.1, 0.15) is 64.0 Å². The maximum absolute atomic E-state index is 13.3. The quantitative estimate of drug-likeness (QED) is 0.290. The van der Waals surface area contributed by atoms with E-state index in [9.17, 15) is 23.1 Å². The van der Waals surface area contributed by atoms with E-state index in [1.165, 1.54) is 13.2 Å². The van der Waals surface area contributed by atoms with E-state index in [1.54, 1.807) is 20.8 Å². The van der Waals surface area contributed by atoms with Crippen LogP contribution in [0, 0.1) is 0 Å². The van der Waals surface area contributed by atoms with Crippen LogP contribution in [0.2, 0.25) is 0 Å². The van der Waals surface area contributed by atoms with Crippen molar-refractivity contribution >= 4 is 6.09 Å². The number of rotatable bonds is 12. The average molecular weight is 522 g/mol. The van der Waals surface area contributed by atoms with E-state index in [1.807, 2.05) is 0 Å². The van der Waals surface area contributed by atoms with Crippen molar-refractivity contribution in [1.29, 1.82) is 0 Å². The van der Waals surface area contributed by atoms with Gasteiger partial charge in [0.25, 0.3) is 0 Å². The van der Waals surface area contributed by atoms with Crippen LogP contribution >= 0.6 is 0 Å². The highest BCUT2D eigenvalue weighted by Crippen LogP contribution is 2.36. The monoisotopic (exact) mass is 521 g/mol. The Bertz CT molecular complexity index is 823. The minimum atomic E-state index is -4.69. The number of methoxy groups -OCH3 is 1. The number of benzene rings is 1. The number of hydrogen-bond donors (Lipinski definition) is 2. The summed E-state index contributed by atoms with van der Waals surface area (Å²) < 4.78 is 67.4. The Morgan fingerprint density at radius 3 is 2.56 bits per heavy atom. The second kappa shape index (κ2) is 13.5. The molecule has 1 heterocycles. The van der Waals surface area contributed by atoms with Crippen LogP contribution in [0.4, 0.5) is 18.0 Å². The molecule has 0 aliphatic carbocycles. The summed E-state index contributed by atoms with van der Waals surface area (Å²) in [5, 5.41) is 12.5. The van der Waals surface area contributed by atoms with Crippen molar-refractivity contribution in [2.24, 2.45) is 0 Å². The van der Waals surface area contributed by atoms with E-state index in [4.69, 9.17) is 23.7 Å². The van der Waals surface area contributed by atoms with Crippen molar-refractivity contribution in [2.75, 3.05) is 33.7 Å². The van der Waals surface area contributed by atoms with Gasteiger partial charge in [-0.25, -0.2) is 4.79 Å². The van der Waals surface area contributed by atoms with Crippen molar-refractivity contribution in [3.8, 4) is 5.75 Å². The SMILES string of the molecule is COCOCC(CCOC1CCCCO1)(CCc1ccc(O)c(C(F)(F)F)c1)NC(=O)OC(C)(C)C. The van der Waals surface area contributed by atoms with Crippen LogP contribution in [0.15, 0.2) is 18.2 Å². The van der Waals surface area contributed by atoms with E-state index in [0.717, 1.165) is 31.4 Å². The number of nitrogens with one attached hydrogen (secondary N) is 1. The molecule has 2 rings (SSSR count). The molecule has 206 valence electrons. The molecular formula is C25H38F3NO7. The van der Waals surface area contributed by atoms with Gasteiger partial charge in [-0.1, -0.05) is 6.07 Å². The number of phenols is 1. The van der Waals surface area contributed by atoms with Gasteiger partial charge in [-0.2, -0.15) is 13.2 Å². The maximum atomic E-state index is 13.3. The number of amides is 1. The molecule has 1 aromatic rings. The first-order valence-corrected chi connectivity index (χ1v) is 12.0. The summed E-state index contributed by atoms with van der Waals surface area (Å²) in [6, 6.07) is 3.35. The normalized spacial score (nSPS) is 18.5. The van der Waals surface area contributed by atoms with Gasteiger partial charge >= 0.3 is 12.3 Å². The van der Waals surface area contributed by atoms with Crippen LogP contribution in [-0.2, 0) is 36.3 Å². The third-order valence-corrected chi connectivity index (χ3v) is 5.63. The van der Waals surface area contributed by atoms with Crippen LogP contribution in [-0.4, -0.2) is 62.4 Å². The molecule has 1 fully saturated rings. The highest BCUT2D eigenvalue weighted by molar-refractivity contribution is 5.68. The molecule has 8 nitrogen and oxygen atoms in total. The number of halogens is 3. The van der Waals surface area contributed by atoms with E-state index in [-0.39, 0.29) is 39.1 Å². The summed E-state index contributed by atoms with van der Waals surface area (Å²) in [5.41, 5.74) is -2.56. The van der Waals surface area contributed by atoms with Crippen LogP contribution in [0.5, 0.6) is 5.75 Å². The molecule has 1 aromatic carbocycles. The molecule has 0 spiro atoms. The standard InChI is InChI=1S/C25H38F3NO7/c1-23(2,3)36-22(31)29-24(16-33-17-32-4,12-14-35-21-7-5-6-13-34-21)11-10-18-8-9-20(30)19(15-18)25(26,27)28/h8-9,15,21,30H,5-7,10-14,16-17H2,1-4H3,(H,29,31). The number of alkyl carbamates (subject to hydrolysis) is 1. The summed E-state index contributed by atoms with van der Waals surface area (Å²) >= 11 is 0. The Kier molecular flexibility index (Phi) is 11.3. The van der Waals surface area contributed by atoms with E-state index in [0.29, 0.717) is 18.6 Å². The Morgan fingerprint density at radius 1 is 1.19 bits per heavy atom. The highest BCUT2D eigenvalue weighted by Gasteiger charge is 2.36. The van der Waals surface area contributed by atoms with Crippen LogP contribution in [0.3, 0.4) is 0 Å². The number of aryl methyl sites for hydroxylation is 1. The van der Waals surface area contributed by atoms with Gasteiger partial charge in [-0.15, -0.1) is 0 Å². The molecule has 0 aromatic heterocycles. The summed E-state index contributed by atoms with van der Waals surface area (Å²) in [6.45, 7) is 6.00. The largest absolute Gasteiger partial charge is 0.507 e. The molecule has 11 heteroatoms. The topological polar surface area (TPSA) is 95.5 Å². The van der Waals surface area contributed by atoms with E-state index < -0.39 is 34.7 Å². The molecule has 1 saturated heterocycles. The molecule has 2 N–H and O–H groups in total. The number of alkyl halides is 3. The number of hydrogen-bond acceptors (Lipinski definition) is 7. The fourth-order valence-electron chi connectivity index (χ4n) is 3.85. The second-order valence-electron chi connectivity index (χ2n) is 9.93. The maximum Gasteiger partial charge on any atom is 0.419 e. The lowest BCUT2D eigenvalue weighted by Crippen LogP contribution is -2.54. The Labute approximate surface area is 210 Å². The predicted molar refractivity (Wildman–Crippen MR) is 126 cm³/mol. The first kappa shape index (κ1) is 30.1. The molecule has 1 amide bonds. The number of phenolic OH excluding ortho intramolecular Hbond substituents is 1. The second-order valence-corrected chi connectivity index (χ2v) is 9.93. The van der Waals surface area contributed by atoms with Gasteiger partial charge in [-0.3, -0.25) is 0 Å². The average Bonchev–Trinajstić information content (AvgIpc) is 2.77. The van der Waals surface area contributed by atoms with E-state index in [2.05, 4.69) is 5.32 Å². The molecule has 0 radical (unpaired) electrons. The number of aromatic hydroxyl groups is 1. The lowest BCUT2D eigenvalue weighted by atomic mass is 9.88. The molecular weight excluding hydrogens is 483 g/mol. The lowest BCUT2D eigenvalue weighted by molar-refractivity contribution is -0.166. The molecule has 1 aliphatic rings. The minimum absolute atomic E-state index is 0.0131. The van der Waals surface area contributed by atoms with Gasteiger partial charge in [0, 0.05) is 13.7 Å². The third-order valence-electron chi connectivity index (χ3n) is 5.63. The molecule has 1 aliphatic heterocycles. The zero-order chi connectivity index (χ0) is 26.8. The van der Waals surface area contributed by atoms with Crippen molar-refractivity contribution in [3.05, 3.63) is 29.3 Å². The summed E-state index contributed by atoms with van der Waals surface area (Å²) in [4.78, 5) is 12.7. The smallest absolute Gasteiger partial charge is 0.419 e. The van der Waals surface area contributed by atoms with Crippen LogP contribution < -0.4 is 5.32 Å². The fraction of sp³-hybridized carbons (Fsp3) is 0.720. The number of carbonyl (C=O) groups is 1. The first-order valence-electron chi connectivity index (χ1n) is 12.0. The lowest BCUT2D eigenvalue weighted by Gasteiger charge is -2.36. The Hall–Kier alpha value is -2.08. The molecule has 0 saturated carbocycles. The van der Waals surface area contributed by atoms with Crippen molar-refractivity contribution in [3.63, 3.8) is 0 Å². The van der Waals surface area contributed by atoms with Gasteiger partial charge in [-0.05, 0) is 77.0 Å². The van der Waals surface area contributed by atoms with Gasteiger partial charge < -0.3 is 34.1 Å².